The third-order valence-corrected chi connectivity index (χ3v) is 3.47. The number of hydrogen-bond acceptors (Lipinski definition) is 0. The molecule has 2 saturated carbocycles. The first-order valence-electron chi connectivity index (χ1n) is 6.08. The third kappa shape index (κ3) is 3.98. The molecule has 0 amide bonds. The maximum absolute atomic E-state index is 2.58. The minimum absolute atomic E-state index is 1.16. The molecule has 0 bridgehead atoms. The molecule has 78 valence electrons. The second-order valence-electron chi connectivity index (χ2n) is 4.50. The maximum Gasteiger partial charge on any atom is -0.0386 e. The minimum atomic E-state index is 1.16. The van der Waals surface area contributed by atoms with Crippen LogP contribution in [0.25, 0.3) is 0 Å². The molecular formula is C12H25P. The lowest BCUT2D eigenvalue weighted by molar-refractivity contribution is 0.347. The van der Waals surface area contributed by atoms with E-state index in [2.05, 4.69) is 16.2 Å². The van der Waals surface area contributed by atoms with Crippen molar-refractivity contribution in [2.45, 2.75) is 58.3 Å². The Balaban J connectivity index is 0.000000251. The van der Waals surface area contributed by atoms with Gasteiger partial charge >= 0.3 is 0 Å². The van der Waals surface area contributed by atoms with E-state index >= 15 is 0 Å². The van der Waals surface area contributed by atoms with Gasteiger partial charge in [-0.05, 0) is 18.0 Å². The van der Waals surface area contributed by atoms with Gasteiger partial charge in [0.15, 0.2) is 0 Å². The van der Waals surface area contributed by atoms with Gasteiger partial charge in [0.25, 0.3) is 0 Å². The summed E-state index contributed by atoms with van der Waals surface area (Å²) in [4.78, 5) is 0. The molecule has 2 fully saturated rings. The molecular weight excluding hydrogens is 175 g/mol. The van der Waals surface area contributed by atoms with Crippen molar-refractivity contribution in [2.75, 3.05) is 6.16 Å². The van der Waals surface area contributed by atoms with Crippen molar-refractivity contribution in [1.29, 1.82) is 0 Å². The third-order valence-electron chi connectivity index (χ3n) is 3.47. The van der Waals surface area contributed by atoms with Gasteiger partial charge in [0, 0.05) is 0 Å². The van der Waals surface area contributed by atoms with E-state index in [1.807, 2.05) is 0 Å². The van der Waals surface area contributed by atoms with Crippen molar-refractivity contribution >= 4 is 9.24 Å². The highest BCUT2D eigenvalue weighted by molar-refractivity contribution is 7.16. The van der Waals surface area contributed by atoms with E-state index in [4.69, 9.17) is 0 Å². The summed E-state index contributed by atoms with van der Waals surface area (Å²) in [6.07, 6.45) is 13.5. The smallest absolute Gasteiger partial charge is 0.0386 e. The van der Waals surface area contributed by atoms with Crippen LogP contribution >= 0.6 is 9.24 Å². The molecule has 0 saturated heterocycles. The Morgan fingerprint density at radius 2 is 1.08 bits per heavy atom. The fourth-order valence-corrected chi connectivity index (χ4v) is 2.86. The number of rotatable bonds is 1. The molecule has 0 heterocycles. The van der Waals surface area contributed by atoms with Crippen LogP contribution < -0.4 is 0 Å². The Morgan fingerprint density at radius 1 is 0.846 bits per heavy atom. The van der Waals surface area contributed by atoms with Gasteiger partial charge in [-0.2, -0.15) is 0 Å². The van der Waals surface area contributed by atoms with Crippen molar-refractivity contribution in [2.24, 2.45) is 11.8 Å². The molecule has 2 aliphatic carbocycles. The average molecular weight is 200 g/mol. The van der Waals surface area contributed by atoms with Gasteiger partial charge in [0.05, 0.1) is 0 Å². The summed E-state index contributed by atoms with van der Waals surface area (Å²) in [5.74, 6) is 2.31. The minimum Gasteiger partial charge on any atom is -0.138 e. The second-order valence-corrected chi connectivity index (χ2v) is 5.31. The zero-order valence-corrected chi connectivity index (χ0v) is 10.3. The van der Waals surface area contributed by atoms with Gasteiger partial charge in [0.1, 0.15) is 0 Å². The molecule has 0 aliphatic heterocycles. The summed E-state index contributed by atoms with van der Waals surface area (Å²) in [7, 11) is 2.58. The summed E-state index contributed by atoms with van der Waals surface area (Å²) >= 11 is 0. The Labute approximate surface area is 86.1 Å². The zero-order chi connectivity index (χ0) is 9.52. The lowest BCUT2D eigenvalue weighted by Gasteiger charge is -2.16. The molecule has 0 aromatic heterocycles. The molecule has 0 N–H and O–H groups in total. The predicted molar refractivity (Wildman–Crippen MR) is 64.2 cm³/mol. The van der Waals surface area contributed by atoms with Crippen LogP contribution in [0.1, 0.15) is 58.3 Å². The first-order valence-corrected chi connectivity index (χ1v) is 6.90. The highest BCUT2D eigenvalue weighted by atomic mass is 31.0. The molecule has 1 atom stereocenters. The zero-order valence-electron chi connectivity index (χ0n) is 9.10. The van der Waals surface area contributed by atoms with Gasteiger partial charge in [-0.25, -0.2) is 0 Å². The standard InChI is InChI=1S/C10H18.C2H7P/c1-2-6-9(5-1)10-7-3-4-8-10;1-2-3/h9-10H,1-8H2;2-3H2,1H3. The van der Waals surface area contributed by atoms with E-state index in [0.29, 0.717) is 0 Å². The van der Waals surface area contributed by atoms with E-state index < -0.39 is 0 Å². The lowest BCUT2D eigenvalue weighted by atomic mass is 9.90. The van der Waals surface area contributed by atoms with Crippen LogP contribution in [-0.4, -0.2) is 6.16 Å². The molecule has 13 heavy (non-hydrogen) atoms. The fraction of sp³-hybridized carbons (Fsp3) is 1.00. The normalized spacial score (nSPS) is 24.5. The van der Waals surface area contributed by atoms with Crippen molar-refractivity contribution in [3.63, 3.8) is 0 Å². The van der Waals surface area contributed by atoms with E-state index in [0.717, 1.165) is 11.8 Å². The lowest BCUT2D eigenvalue weighted by Crippen LogP contribution is -2.06. The highest BCUT2D eigenvalue weighted by Gasteiger charge is 2.26. The van der Waals surface area contributed by atoms with Gasteiger partial charge in [-0.15, -0.1) is 9.24 Å². The predicted octanol–water partition coefficient (Wildman–Crippen LogP) is 4.25. The topological polar surface area (TPSA) is 0 Å². The van der Waals surface area contributed by atoms with Gasteiger partial charge in [-0.3, -0.25) is 0 Å². The molecule has 2 aliphatic rings. The molecule has 0 radical (unpaired) electrons. The van der Waals surface area contributed by atoms with Crippen LogP contribution in [0.15, 0.2) is 0 Å². The monoisotopic (exact) mass is 200 g/mol. The Kier molecular flexibility index (Phi) is 6.04. The van der Waals surface area contributed by atoms with Crippen LogP contribution in [0.5, 0.6) is 0 Å². The Morgan fingerprint density at radius 3 is 1.31 bits per heavy atom. The fourth-order valence-electron chi connectivity index (χ4n) is 2.86. The molecule has 0 spiro atoms. The molecule has 0 aromatic carbocycles. The van der Waals surface area contributed by atoms with Crippen molar-refractivity contribution in [1.82, 2.24) is 0 Å². The van der Waals surface area contributed by atoms with E-state index in [-0.39, 0.29) is 0 Å². The molecule has 1 heteroatoms. The molecule has 1 unspecified atom stereocenters. The SMILES string of the molecule is C1CCC(C2CCCC2)C1.CCP. The maximum atomic E-state index is 2.58. The van der Waals surface area contributed by atoms with Gasteiger partial charge < -0.3 is 0 Å². The summed E-state index contributed by atoms with van der Waals surface area (Å²) in [6, 6.07) is 0. The van der Waals surface area contributed by atoms with Crippen molar-refractivity contribution in [3.05, 3.63) is 0 Å². The van der Waals surface area contributed by atoms with Gasteiger partial charge in [0.2, 0.25) is 0 Å². The van der Waals surface area contributed by atoms with Crippen molar-refractivity contribution in [3.8, 4) is 0 Å². The first kappa shape index (κ1) is 11.5. The Bertz CT molecular complexity index is 96.3. The molecule has 0 nitrogen and oxygen atoms in total. The average Bonchev–Trinajstić information content (AvgIpc) is 2.78. The van der Waals surface area contributed by atoms with Crippen LogP contribution in [-0.2, 0) is 0 Å². The Hall–Kier alpha value is 0.430. The summed E-state index contributed by atoms with van der Waals surface area (Å²) in [5.41, 5.74) is 0. The van der Waals surface area contributed by atoms with Crippen LogP contribution in [0.4, 0.5) is 0 Å². The summed E-state index contributed by atoms with van der Waals surface area (Å²) in [5, 5.41) is 0. The van der Waals surface area contributed by atoms with Crippen LogP contribution in [0, 0.1) is 11.8 Å². The quantitative estimate of drug-likeness (QED) is 0.555. The second kappa shape index (κ2) is 6.82. The van der Waals surface area contributed by atoms with Crippen LogP contribution in [0.3, 0.4) is 0 Å². The van der Waals surface area contributed by atoms with E-state index in [1.165, 1.54) is 31.8 Å². The van der Waals surface area contributed by atoms with E-state index in [1.54, 1.807) is 25.7 Å². The van der Waals surface area contributed by atoms with Gasteiger partial charge in [-0.1, -0.05) is 58.3 Å². The molecule has 2 rings (SSSR count). The molecule has 0 aromatic rings. The highest BCUT2D eigenvalue weighted by Crippen LogP contribution is 2.39. The summed E-state index contributed by atoms with van der Waals surface area (Å²) in [6.45, 7) is 2.09. The van der Waals surface area contributed by atoms with Crippen molar-refractivity contribution < 1.29 is 0 Å². The van der Waals surface area contributed by atoms with Crippen LogP contribution in [0.2, 0.25) is 0 Å². The summed E-state index contributed by atoms with van der Waals surface area (Å²) < 4.78 is 0. The van der Waals surface area contributed by atoms with E-state index in [9.17, 15) is 0 Å². The number of hydrogen-bond donors (Lipinski definition) is 0. The first-order chi connectivity index (χ1) is 6.38. The largest absolute Gasteiger partial charge is 0.138 e.